The number of aliphatic imine (C=N–C) groups is 1. The second kappa shape index (κ2) is 6.67. The Morgan fingerprint density at radius 3 is 2.53 bits per heavy atom. The normalized spacial score (nSPS) is 34.2. The minimum absolute atomic E-state index is 0.755. The SMILES string of the molecule is CCC1CCC(CNC2=NCC(C)CS2)CC1. The van der Waals surface area contributed by atoms with Crippen molar-refractivity contribution in [2.45, 2.75) is 46.0 Å². The van der Waals surface area contributed by atoms with Gasteiger partial charge in [0.1, 0.15) is 0 Å². The summed E-state index contributed by atoms with van der Waals surface area (Å²) in [5, 5.41) is 4.75. The van der Waals surface area contributed by atoms with E-state index in [4.69, 9.17) is 0 Å². The molecule has 0 bridgehead atoms. The quantitative estimate of drug-likeness (QED) is 0.833. The Labute approximate surface area is 110 Å². The molecule has 0 saturated heterocycles. The molecule has 98 valence electrons. The van der Waals surface area contributed by atoms with Crippen LogP contribution in [-0.2, 0) is 0 Å². The van der Waals surface area contributed by atoms with Crippen molar-refractivity contribution < 1.29 is 0 Å². The van der Waals surface area contributed by atoms with Gasteiger partial charge in [-0.2, -0.15) is 0 Å². The Morgan fingerprint density at radius 2 is 1.94 bits per heavy atom. The zero-order valence-corrected chi connectivity index (χ0v) is 12.1. The van der Waals surface area contributed by atoms with Gasteiger partial charge >= 0.3 is 0 Å². The highest BCUT2D eigenvalue weighted by Gasteiger charge is 2.20. The Bertz CT molecular complexity index is 257. The van der Waals surface area contributed by atoms with E-state index in [0.717, 1.165) is 30.8 Å². The first-order chi connectivity index (χ1) is 8.28. The first-order valence-corrected chi connectivity index (χ1v) is 8.17. The summed E-state index contributed by atoms with van der Waals surface area (Å²) in [7, 11) is 0. The van der Waals surface area contributed by atoms with Gasteiger partial charge in [0.15, 0.2) is 5.17 Å². The van der Waals surface area contributed by atoms with Gasteiger partial charge in [0, 0.05) is 18.8 Å². The van der Waals surface area contributed by atoms with Crippen molar-refractivity contribution in [1.29, 1.82) is 0 Å². The van der Waals surface area contributed by atoms with Crippen LogP contribution in [0.4, 0.5) is 0 Å². The molecular formula is C14H26N2S. The van der Waals surface area contributed by atoms with Gasteiger partial charge in [0.25, 0.3) is 0 Å². The molecule has 0 aromatic rings. The molecule has 1 heterocycles. The van der Waals surface area contributed by atoms with E-state index >= 15 is 0 Å². The molecule has 1 N–H and O–H groups in total. The maximum atomic E-state index is 4.59. The average molecular weight is 254 g/mol. The van der Waals surface area contributed by atoms with E-state index in [-0.39, 0.29) is 0 Å². The van der Waals surface area contributed by atoms with Gasteiger partial charge in [0.2, 0.25) is 0 Å². The molecule has 0 aromatic heterocycles. The summed E-state index contributed by atoms with van der Waals surface area (Å²) in [4.78, 5) is 4.59. The van der Waals surface area contributed by atoms with Crippen molar-refractivity contribution in [3.63, 3.8) is 0 Å². The van der Waals surface area contributed by atoms with Crippen LogP contribution in [0.1, 0.15) is 46.0 Å². The highest BCUT2D eigenvalue weighted by Crippen LogP contribution is 2.30. The van der Waals surface area contributed by atoms with E-state index in [1.165, 1.54) is 43.0 Å². The van der Waals surface area contributed by atoms with Crippen LogP contribution in [-0.4, -0.2) is 24.0 Å². The predicted molar refractivity (Wildman–Crippen MR) is 77.7 cm³/mol. The van der Waals surface area contributed by atoms with Crippen LogP contribution in [0.5, 0.6) is 0 Å². The predicted octanol–water partition coefficient (Wildman–Crippen LogP) is 3.53. The first-order valence-electron chi connectivity index (χ1n) is 7.19. The lowest BCUT2D eigenvalue weighted by Crippen LogP contribution is -2.32. The van der Waals surface area contributed by atoms with E-state index in [2.05, 4.69) is 24.2 Å². The van der Waals surface area contributed by atoms with Gasteiger partial charge < -0.3 is 5.32 Å². The Balaban J connectivity index is 1.66. The van der Waals surface area contributed by atoms with Crippen molar-refractivity contribution >= 4 is 16.9 Å². The van der Waals surface area contributed by atoms with Gasteiger partial charge in [-0.05, 0) is 30.6 Å². The van der Waals surface area contributed by atoms with E-state index in [0.29, 0.717) is 0 Å². The summed E-state index contributed by atoms with van der Waals surface area (Å²) in [6.45, 7) is 6.77. The van der Waals surface area contributed by atoms with E-state index in [1.54, 1.807) is 0 Å². The largest absolute Gasteiger partial charge is 0.365 e. The molecule has 0 radical (unpaired) electrons. The molecule has 0 aromatic carbocycles. The van der Waals surface area contributed by atoms with Crippen LogP contribution in [0.2, 0.25) is 0 Å². The van der Waals surface area contributed by atoms with Crippen LogP contribution < -0.4 is 5.32 Å². The van der Waals surface area contributed by atoms with E-state index in [9.17, 15) is 0 Å². The average Bonchev–Trinajstić information content (AvgIpc) is 2.39. The third-order valence-electron chi connectivity index (χ3n) is 4.14. The molecule has 1 aliphatic heterocycles. The van der Waals surface area contributed by atoms with Crippen molar-refractivity contribution in [2.75, 3.05) is 18.8 Å². The van der Waals surface area contributed by atoms with Crippen LogP contribution in [0.25, 0.3) is 0 Å². The summed E-state index contributed by atoms with van der Waals surface area (Å²) in [5.74, 6) is 3.88. The van der Waals surface area contributed by atoms with Crippen molar-refractivity contribution in [3.05, 3.63) is 0 Å². The molecule has 1 saturated carbocycles. The topological polar surface area (TPSA) is 24.4 Å². The third kappa shape index (κ3) is 4.20. The molecule has 0 amide bonds. The summed E-state index contributed by atoms with van der Waals surface area (Å²) in [6.07, 6.45) is 7.10. The molecule has 2 aliphatic rings. The summed E-state index contributed by atoms with van der Waals surface area (Å²) < 4.78 is 0. The fraction of sp³-hybridized carbons (Fsp3) is 0.929. The maximum absolute atomic E-state index is 4.59. The fourth-order valence-corrected chi connectivity index (χ4v) is 3.64. The minimum atomic E-state index is 0.755. The van der Waals surface area contributed by atoms with Gasteiger partial charge in [-0.25, -0.2) is 0 Å². The van der Waals surface area contributed by atoms with Gasteiger partial charge in [-0.1, -0.05) is 44.9 Å². The number of thioether (sulfide) groups is 1. The number of nitrogens with zero attached hydrogens (tertiary/aromatic N) is 1. The van der Waals surface area contributed by atoms with Crippen molar-refractivity contribution in [2.24, 2.45) is 22.7 Å². The van der Waals surface area contributed by atoms with Crippen molar-refractivity contribution in [1.82, 2.24) is 5.32 Å². The highest BCUT2D eigenvalue weighted by atomic mass is 32.2. The van der Waals surface area contributed by atoms with Crippen LogP contribution in [0, 0.1) is 17.8 Å². The minimum Gasteiger partial charge on any atom is -0.365 e. The van der Waals surface area contributed by atoms with Crippen LogP contribution >= 0.6 is 11.8 Å². The molecule has 1 atom stereocenters. The molecular weight excluding hydrogens is 228 g/mol. The number of rotatable bonds is 3. The van der Waals surface area contributed by atoms with Gasteiger partial charge in [0.05, 0.1) is 0 Å². The molecule has 0 spiro atoms. The zero-order valence-electron chi connectivity index (χ0n) is 11.2. The molecule has 2 nitrogen and oxygen atoms in total. The Kier molecular flexibility index (Phi) is 5.20. The molecule has 2 rings (SSSR count). The van der Waals surface area contributed by atoms with Gasteiger partial charge in [-0.15, -0.1) is 0 Å². The zero-order chi connectivity index (χ0) is 12.1. The lowest BCUT2D eigenvalue weighted by atomic mass is 9.81. The number of nitrogens with one attached hydrogen (secondary N) is 1. The summed E-state index contributed by atoms with van der Waals surface area (Å²) >= 11 is 1.90. The van der Waals surface area contributed by atoms with Crippen molar-refractivity contribution in [3.8, 4) is 0 Å². The van der Waals surface area contributed by atoms with E-state index in [1.807, 2.05) is 11.8 Å². The lowest BCUT2D eigenvalue weighted by molar-refractivity contribution is 0.269. The first kappa shape index (κ1) is 13.3. The highest BCUT2D eigenvalue weighted by molar-refractivity contribution is 8.13. The molecule has 1 unspecified atom stereocenters. The van der Waals surface area contributed by atoms with Crippen LogP contribution in [0.15, 0.2) is 4.99 Å². The Hall–Kier alpha value is -0.180. The standard InChI is InChI=1S/C14H26N2S/c1-3-12-4-6-13(7-5-12)9-16-14-15-8-11(2)10-17-14/h11-13H,3-10H2,1-2H3,(H,15,16). The number of hydrogen-bond acceptors (Lipinski definition) is 3. The summed E-state index contributed by atoms with van der Waals surface area (Å²) in [6, 6.07) is 0. The molecule has 1 fully saturated rings. The monoisotopic (exact) mass is 254 g/mol. The molecule has 3 heteroatoms. The summed E-state index contributed by atoms with van der Waals surface area (Å²) in [5.41, 5.74) is 0. The van der Waals surface area contributed by atoms with E-state index < -0.39 is 0 Å². The number of hydrogen-bond donors (Lipinski definition) is 1. The lowest BCUT2D eigenvalue weighted by Gasteiger charge is -2.28. The molecule has 17 heavy (non-hydrogen) atoms. The number of amidine groups is 1. The smallest absolute Gasteiger partial charge is 0.156 e. The second-order valence-corrected chi connectivity index (χ2v) is 6.75. The fourth-order valence-electron chi connectivity index (χ4n) is 2.74. The second-order valence-electron chi connectivity index (χ2n) is 5.74. The third-order valence-corrected chi connectivity index (χ3v) is 5.42. The Morgan fingerprint density at radius 1 is 1.24 bits per heavy atom. The van der Waals surface area contributed by atoms with Crippen LogP contribution in [0.3, 0.4) is 0 Å². The maximum Gasteiger partial charge on any atom is 0.156 e. The molecule has 1 aliphatic carbocycles. The van der Waals surface area contributed by atoms with Gasteiger partial charge in [-0.3, -0.25) is 4.99 Å².